The molecule has 0 aromatic carbocycles. The molecule has 1 atom stereocenters. The van der Waals surface area contributed by atoms with Gasteiger partial charge in [-0.2, -0.15) is 13.2 Å². The van der Waals surface area contributed by atoms with Gasteiger partial charge in [0.1, 0.15) is 5.69 Å². The molecule has 0 amide bonds. The number of aromatic nitrogens is 3. The van der Waals surface area contributed by atoms with Gasteiger partial charge in [-0.05, 0) is 24.1 Å². The Bertz CT molecular complexity index is 630. The van der Waals surface area contributed by atoms with Gasteiger partial charge in [0.15, 0.2) is 0 Å². The number of nitrogens with zero attached hydrogens (tertiary/aromatic N) is 4. The molecule has 5 nitrogen and oxygen atoms in total. The van der Waals surface area contributed by atoms with E-state index in [1.54, 1.807) is 18.5 Å². The second-order valence-electron chi connectivity index (χ2n) is 5.49. The highest BCUT2D eigenvalue weighted by molar-refractivity contribution is 5.25. The van der Waals surface area contributed by atoms with Crippen LogP contribution in [0.1, 0.15) is 17.7 Å². The molecule has 122 valence electrons. The van der Waals surface area contributed by atoms with Gasteiger partial charge in [-0.1, -0.05) is 6.07 Å². The highest BCUT2D eigenvalue weighted by atomic mass is 19.4. The van der Waals surface area contributed by atoms with Crippen molar-refractivity contribution in [1.29, 1.82) is 0 Å². The van der Waals surface area contributed by atoms with Gasteiger partial charge in [0, 0.05) is 44.3 Å². The summed E-state index contributed by atoms with van der Waals surface area (Å²) < 4.78 is 37.5. The number of pyridine rings is 1. The van der Waals surface area contributed by atoms with Gasteiger partial charge in [0.05, 0.1) is 0 Å². The van der Waals surface area contributed by atoms with Crippen molar-refractivity contribution in [1.82, 2.24) is 19.9 Å². The molecular weight excluding hydrogens is 307 g/mol. The first-order valence-corrected chi connectivity index (χ1v) is 7.29. The summed E-state index contributed by atoms with van der Waals surface area (Å²) in [6, 6.07) is 4.50. The van der Waals surface area contributed by atoms with E-state index in [0.717, 1.165) is 31.1 Å². The zero-order valence-electron chi connectivity index (χ0n) is 12.3. The van der Waals surface area contributed by atoms with Crippen LogP contribution in [0.4, 0.5) is 19.1 Å². The van der Waals surface area contributed by atoms with Gasteiger partial charge < -0.3 is 5.32 Å². The van der Waals surface area contributed by atoms with E-state index in [0.29, 0.717) is 12.5 Å². The van der Waals surface area contributed by atoms with Gasteiger partial charge in [-0.15, -0.1) is 0 Å². The van der Waals surface area contributed by atoms with Crippen LogP contribution in [0, 0.1) is 0 Å². The first kappa shape index (κ1) is 15.7. The molecule has 2 aromatic rings. The number of alkyl halides is 3. The lowest BCUT2D eigenvalue weighted by atomic mass is 10.2. The molecule has 8 heteroatoms. The van der Waals surface area contributed by atoms with Crippen LogP contribution >= 0.6 is 0 Å². The van der Waals surface area contributed by atoms with Crippen LogP contribution in [-0.4, -0.2) is 39.0 Å². The predicted molar refractivity (Wildman–Crippen MR) is 78.6 cm³/mol. The van der Waals surface area contributed by atoms with Crippen LogP contribution < -0.4 is 5.32 Å². The van der Waals surface area contributed by atoms with E-state index in [2.05, 4.69) is 25.2 Å². The third-order valence-electron chi connectivity index (χ3n) is 3.69. The Hall–Kier alpha value is -2.22. The Morgan fingerprint density at radius 3 is 2.61 bits per heavy atom. The van der Waals surface area contributed by atoms with Crippen molar-refractivity contribution in [2.24, 2.45) is 0 Å². The van der Waals surface area contributed by atoms with Crippen LogP contribution in [0.25, 0.3) is 0 Å². The maximum absolute atomic E-state index is 12.5. The van der Waals surface area contributed by atoms with E-state index in [-0.39, 0.29) is 6.04 Å². The third-order valence-corrected chi connectivity index (χ3v) is 3.69. The fourth-order valence-electron chi connectivity index (χ4n) is 2.59. The van der Waals surface area contributed by atoms with E-state index in [1.807, 2.05) is 0 Å². The topological polar surface area (TPSA) is 53.9 Å². The van der Waals surface area contributed by atoms with Crippen molar-refractivity contribution in [3.05, 3.63) is 48.0 Å². The van der Waals surface area contributed by atoms with Crippen LogP contribution in [0.15, 0.2) is 36.8 Å². The molecular formula is C15H16F3N5. The fourth-order valence-corrected chi connectivity index (χ4v) is 2.59. The fraction of sp³-hybridized carbons (Fsp3) is 0.400. The summed E-state index contributed by atoms with van der Waals surface area (Å²) in [5.41, 5.74) is -0.0851. The Morgan fingerprint density at radius 1 is 1.17 bits per heavy atom. The van der Waals surface area contributed by atoms with E-state index < -0.39 is 11.9 Å². The minimum Gasteiger partial charge on any atom is -0.350 e. The Kier molecular flexibility index (Phi) is 4.42. The molecule has 0 spiro atoms. The number of rotatable bonds is 4. The Labute approximate surface area is 131 Å². The standard InChI is InChI=1S/C15H16F3N5/c16-15(17,18)13-3-2-11(8-21-13)9-23-7-4-12(10-23)22-14-19-5-1-6-20-14/h1-3,5-6,8,12H,4,7,9-10H2,(H,19,20,22). The first-order chi connectivity index (χ1) is 11.0. The second-order valence-corrected chi connectivity index (χ2v) is 5.49. The minimum absolute atomic E-state index is 0.236. The van der Waals surface area contributed by atoms with Crippen molar-refractivity contribution >= 4 is 5.95 Å². The zero-order valence-corrected chi connectivity index (χ0v) is 12.3. The van der Waals surface area contributed by atoms with Crippen LogP contribution in [-0.2, 0) is 12.7 Å². The monoisotopic (exact) mass is 323 g/mol. The zero-order chi connectivity index (χ0) is 16.3. The third kappa shape index (κ3) is 4.16. The van der Waals surface area contributed by atoms with E-state index in [4.69, 9.17) is 0 Å². The number of likely N-dealkylation sites (tertiary alicyclic amines) is 1. The van der Waals surface area contributed by atoms with Crippen molar-refractivity contribution in [3.63, 3.8) is 0 Å². The van der Waals surface area contributed by atoms with E-state index >= 15 is 0 Å². The summed E-state index contributed by atoms with van der Waals surface area (Å²) in [7, 11) is 0. The van der Waals surface area contributed by atoms with Gasteiger partial charge in [0.2, 0.25) is 5.95 Å². The average Bonchev–Trinajstić information content (AvgIpc) is 2.95. The van der Waals surface area contributed by atoms with Crippen molar-refractivity contribution in [2.75, 3.05) is 18.4 Å². The van der Waals surface area contributed by atoms with Crippen molar-refractivity contribution < 1.29 is 13.2 Å². The average molecular weight is 323 g/mol. The van der Waals surface area contributed by atoms with Gasteiger partial charge >= 0.3 is 6.18 Å². The minimum atomic E-state index is -4.39. The summed E-state index contributed by atoms with van der Waals surface area (Å²) in [5.74, 6) is 0.593. The quantitative estimate of drug-likeness (QED) is 0.937. The van der Waals surface area contributed by atoms with Crippen LogP contribution in [0.3, 0.4) is 0 Å². The van der Waals surface area contributed by atoms with Gasteiger partial charge in [0.25, 0.3) is 0 Å². The molecule has 1 N–H and O–H groups in total. The summed E-state index contributed by atoms with van der Waals surface area (Å²) >= 11 is 0. The first-order valence-electron chi connectivity index (χ1n) is 7.29. The van der Waals surface area contributed by atoms with E-state index in [9.17, 15) is 13.2 Å². The highest BCUT2D eigenvalue weighted by Gasteiger charge is 2.32. The summed E-state index contributed by atoms with van der Waals surface area (Å²) in [4.78, 5) is 13.9. The molecule has 1 aliphatic heterocycles. The lowest BCUT2D eigenvalue weighted by molar-refractivity contribution is -0.141. The molecule has 3 heterocycles. The molecule has 1 saturated heterocycles. The Morgan fingerprint density at radius 2 is 1.96 bits per heavy atom. The molecule has 23 heavy (non-hydrogen) atoms. The molecule has 0 aliphatic carbocycles. The summed E-state index contributed by atoms with van der Waals surface area (Å²) in [6.07, 6.45) is 1.19. The molecule has 2 aromatic heterocycles. The number of nitrogens with one attached hydrogen (secondary N) is 1. The van der Waals surface area contributed by atoms with Crippen LogP contribution in [0.5, 0.6) is 0 Å². The highest BCUT2D eigenvalue weighted by Crippen LogP contribution is 2.27. The smallest absolute Gasteiger partial charge is 0.350 e. The van der Waals surface area contributed by atoms with Crippen LogP contribution in [0.2, 0.25) is 0 Å². The molecule has 3 rings (SSSR count). The predicted octanol–water partition coefficient (Wildman–Crippen LogP) is 2.58. The maximum atomic E-state index is 12.5. The number of anilines is 1. The normalized spacial score (nSPS) is 19.0. The largest absolute Gasteiger partial charge is 0.433 e. The lowest BCUT2D eigenvalue weighted by Gasteiger charge is -2.17. The SMILES string of the molecule is FC(F)(F)c1ccc(CN2CCC(Nc3ncccn3)C2)cn1. The maximum Gasteiger partial charge on any atom is 0.433 e. The lowest BCUT2D eigenvalue weighted by Crippen LogP contribution is -2.26. The van der Waals surface area contributed by atoms with Gasteiger partial charge in [-0.3, -0.25) is 9.88 Å². The molecule has 0 saturated carbocycles. The van der Waals surface area contributed by atoms with E-state index in [1.165, 1.54) is 12.3 Å². The van der Waals surface area contributed by atoms with Crippen molar-refractivity contribution in [2.45, 2.75) is 25.2 Å². The Balaban J connectivity index is 1.54. The number of hydrogen-bond donors (Lipinski definition) is 1. The van der Waals surface area contributed by atoms with Crippen molar-refractivity contribution in [3.8, 4) is 0 Å². The molecule has 1 fully saturated rings. The number of halogens is 3. The van der Waals surface area contributed by atoms with Gasteiger partial charge in [-0.25, -0.2) is 9.97 Å². The summed E-state index contributed by atoms with van der Waals surface area (Å²) in [6.45, 7) is 2.24. The summed E-state index contributed by atoms with van der Waals surface area (Å²) in [5, 5.41) is 3.26. The number of hydrogen-bond acceptors (Lipinski definition) is 5. The molecule has 0 radical (unpaired) electrons. The molecule has 0 bridgehead atoms. The second kappa shape index (κ2) is 6.49. The molecule has 1 unspecified atom stereocenters. The molecule has 1 aliphatic rings.